The standard InChI is InChI=1S/C16H24N4S/c1-4-6-16(7-8-16)10-18-13-12-9-11(3)21-14(12)20-15(19-13)17-5-2/h9H,4-8,10H2,1-3H3,(H2,17,18,19,20). The molecular weight excluding hydrogens is 280 g/mol. The summed E-state index contributed by atoms with van der Waals surface area (Å²) < 4.78 is 0. The third kappa shape index (κ3) is 3.12. The molecule has 21 heavy (non-hydrogen) atoms. The first kappa shape index (κ1) is 14.6. The second-order valence-corrected chi connectivity index (χ2v) is 7.34. The van der Waals surface area contributed by atoms with Crippen molar-refractivity contribution in [2.45, 2.75) is 46.5 Å². The van der Waals surface area contributed by atoms with Gasteiger partial charge >= 0.3 is 0 Å². The van der Waals surface area contributed by atoms with Crippen LogP contribution >= 0.6 is 11.3 Å². The zero-order chi connectivity index (χ0) is 14.9. The zero-order valence-corrected chi connectivity index (χ0v) is 13.9. The molecule has 2 aromatic rings. The topological polar surface area (TPSA) is 49.8 Å². The number of nitrogens with zero attached hydrogens (tertiary/aromatic N) is 2. The molecule has 114 valence electrons. The molecule has 0 aromatic carbocycles. The van der Waals surface area contributed by atoms with Crippen molar-refractivity contribution in [2.75, 3.05) is 23.7 Å². The van der Waals surface area contributed by atoms with Gasteiger partial charge < -0.3 is 10.6 Å². The average Bonchev–Trinajstić information content (AvgIpc) is 3.10. The lowest BCUT2D eigenvalue weighted by Crippen LogP contribution is -2.16. The highest BCUT2D eigenvalue weighted by Gasteiger charge is 2.41. The molecule has 2 aromatic heterocycles. The second kappa shape index (κ2) is 5.79. The van der Waals surface area contributed by atoms with Crippen molar-refractivity contribution in [1.29, 1.82) is 0 Å². The van der Waals surface area contributed by atoms with Crippen molar-refractivity contribution >= 4 is 33.3 Å². The van der Waals surface area contributed by atoms with E-state index in [-0.39, 0.29) is 0 Å². The van der Waals surface area contributed by atoms with Gasteiger partial charge in [-0.05, 0) is 44.6 Å². The van der Waals surface area contributed by atoms with Gasteiger partial charge in [-0.25, -0.2) is 4.98 Å². The fourth-order valence-electron chi connectivity index (χ4n) is 2.91. The predicted molar refractivity (Wildman–Crippen MR) is 91.4 cm³/mol. The van der Waals surface area contributed by atoms with Crippen LogP contribution in [0.4, 0.5) is 11.8 Å². The molecular formula is C16H24N4S. The molecule has 3 rings (SSSR count). The van der Waals surface area contributed by atoms with E-state index in [1.54, 1.807) is 11.3 Å². The Morgan fingerprint density at radius 2 is 2.05 bits per heavy atom. The molecule has 1 aliphatic rings. The van der Waals surface area contributed by atoms with Crippen LogP contribution in [-0.2, 0) is 0 Å². The molecule has 0 aliphatic heterocycles. The quantitative estimate of drug-likeness (QED) is 0.795. The number of rotatable bonds is 7. The molecule has 0 radical (unpaired) electrons. The molecule has 0 unspecified atom stereocenters. The molecule has 1 saturated carbocycles. The van der Waals surface area contributed by atoms with Crippen LogP contribution < -0.4 is 10.6 Å². The normalized spacial score (nSPS) is 16.1. The van der Waals surface area contributed by atoms with Crippen LogP contribution in [0, 0.1) is 12.3 Å². The fraction of sp³-hybridized carbons (Fsp3) is 0.625. The first-order chi connectivity index (χ1) is 10.2. The number of aryl methyl sites for hydroxylation is 1. The Morgan fingerprint density at radius 3 is 2.71 bits per heavy atom. The van der Waals surface area contributed by atoms with E-state index in [0.717, 1.165) is 35.1 Å². The maximum atomic E-state index is 4.67. The summed E-state index contributed by atoms with van der Waals surface area (Å²) in [5.41, 5.74) is 0.523. The van der Waals surface area contributed by atoms with E-state index in [4.69, 9.17) is 0 Å². The number of aromatic nitrogens is 2. The molecule has 0 saturated heterocycles. The van der Waals surface area contributed by atoms with Crippen molar-refractivity contribution in [3.63, 3.8) is 0 Å². The third-order valence-corrected chi connectivity index (χ3v) is 5.16. The lowest BCUT2D eigenvalue weighted by Gasteiger charge is -2.16. The fourth-order valence-corrected chi connectivity index (χ4v) is 3.79. The molecule has 5 heteroatoms. The summed E-state index contributed by atoms with van der Waals surface area (Å²) in [7, 11) is 0. The van der Waals surface area contributed by atoms with Gasteiger partial charge in [0.15, 0.2) is 0 Å². The Morgan fingerprint density at radius 1 is 1.24 bits per heavy atom. The molecule has 1 aliphatic carbocycles. The lowest BCUT2D eigenvalue weighted by atomic mass is 10.0. The third-order valence-electron chi connectivity index (χ3n) is 4.22. The Hall–Kier alpha value is -1.36. The highest BCUT2D eigenvalue weighted by atomic mass is 32.1. The van der Waals surface area contributed by atoms with Crippen LogP contribution in [0.1, 0.15) is 44.4 Å². The largest absolute Gasteiger partial charge is 0.369 e. The van der Waals surface area contributed by atoms with Gasteiger partial charge in [0.25, 0.3) is 0 Å². The van der Waals surface area contributed by atoms with Gasteiger partial charge in [-0.15, -0.1) is 11.3 Å². The summed E-state index contributed by atoms with van der Waals surface area (Å²) in [5.74, 6) is 1.72. The van der Waals surface area contributed by atoms with E-state index in [0.29, 0.717) is 5.41 Å². The number of hydrogen-bond acceptors (Lipinski definition) is 5. The first-order valence-electron chi connectivity index (χ1n) is 7.92. The molecule has 1 fully saturated rings. The van der Waals surface area contributed by atoms with E-state index < -0.39 is 0 Å². The van der Waals surface area contributed by atoms with Gasteiger partial charge in [0.2, 0.25) is 5.95 Å². The summed E-state index contributed by atoms with van der Waals surface area (Å²) in [4.78, 5) is 11.6. The van der Waals surface area contributed by atoms with E-state index in [9.17, 15) is 0 Å². The minimum atomic E-state index is 0.523. The van der Waals surface area contributed by atoms with Crippen molar-refractivity contribution in [1.82, 2.24) is 9.97 Å². The molecule has 0 spiro atoms. The number of hydrogen-bond donors (Lipinski definition) is 2. The summed E-state index contributed by atoms with van der Waals surface area (Å²) in [5, 5.41) is 7.99. The van der Waals surface area contributed by atoms with Crippen LogP contribution in [-0.4, -0.2) is 23.1 Å². The van der Waals surface area contributed by atoms with Crippen LogP contribution in [0.5, 0.6) is 0 Å². The van der Waals surface area contributed by atoms with Crippen LogP contribution in [0.2, 0.25) is 0 Å². The Balaban J connectivity index is 1.85. The Kier molecular flexibility index (Phi) is 4.02. The lowest BCUT2D eigenvalue weighted by molar-refractivity contribution is 0.485. The summed E-state index contributed by atoms with van der Waals surface area (Å²) in [6.07, 6.45) is 5.29. The number of fused-ring (bicyclic) bond motifs is 1. The Labute approximate surface area is 130 Å². The maximum Gasteiger partial charge on any atom is 0.226 e. The van der Waals surface area contributed by atoms with E-state index in [1.165, 1.54) is 30.6 Å². The van der Waals surface area contributed by atoms with Crippen molar-refractivity contribution in [3.05, 3.63) is 10.9 Å². The molecule has 2 heterocycles. The van der Waals surface area contributed by atoms with Gasteiger partial charge in [0.05, 0.1) is 5.39 Å². The number of thiophene rings is 1. The summed E-state index contributed by atoms with van der Waals surface area (Å²) in [6.45, 7) is 8.35. The van der Waals surface area contributed by atoms with Crippen molar-refractivity contribution < 1.29 is 0 Å². The molecule has 4 nitrogen and oxygen atoms in total. The van der Waals surface area contributed by atoms with Crippen molar-refractivity contribution in [3.8, 4) is 0 Å². The zero-order valence-electron chi connectivity index (χ0n) is 13.1. The average molecular weight is 304 g/mol. The predicted octanol–water partition coefficient (Wildman–Crippen LogP) is 4.42. The van der Waals surface area contributed by atoms with Gasteiger partial charge in [-0.1, -0.05) is 13.3 Å². The summed E-state index contributed by atoms with van der Waals surface area (Å²) >= 11 is 1.73. The highest BCUT2D eigenvalue weighted by molar-refractivity contribution is 7.18. The second-order valence-electron chi connectivity index (χ2n) is 6.11. The smallest absolute Gasteiger partial charge is 0.226 e. The number of nitrogens with one attached hydrogen (secondary N) is 2. The molecule has 2 N–H and O–H groups in total. The van der Waals surface area contributed by atoms with Crippen LogP contribution in [0.15, 0.2) is 6.07 Å². The van der Waals surface area contributed by atoms with Crippen molar-refractivity contribution in [2.24, 2.45) is 5.41 Å². The monoisotopic (exact) mass is 304 g/mol. The van der Waals surface area contributed by atoms with Gasteiger partial charge in [-0.3, -0.25) is 0 Å². The maximum absolute atomic E-state index is 4.67. The van der Waals surface area contributed by atoms with E-state index >= 15 is 0 Å². The first-order valence-corrected chi connectivity index (χ1v) is 8.73. The van der Waals surface area contributed by atoms with Crippen LogP contribution in [0.3, 0.4) is 0 Å². The molecule has 0 amide bonds. The minimum Gasteiger partial charge on any atom is -0.369 e. The highest BCUT2D eigenvalue weighted by Crippen LogP contribution is 2.49. The molecule has 0 bridgehead atoms. The van der Waals surface area contributed by atoms with Gasteiger partial charge in [0.1, 0.15) is 10.6 Å². The minimum absolute atomic E-state index is 0.523. The summed E-state index contributed by atoms with van der Waals surface area (Å²) in [6, 6.07) is 2.19. The SMILES string of the molecule is CCCC1(CNc2nc(NCC)nc3sc(C)cc23)CC1. The van der Waals surface area contributed by atoms with Crippen LogP contribution in [0.25, 0.3) is 10.2 Å². The number of anilines is 2. The van der Waals surface area contributed by atoms with E-state index in [1.807, 2.05) is 0 Å². The van der Waals surface area contributed by atoms with E-state index in [2.05, 4.69) is 47.4 Å². The van der Waals surface area contributed by atoms with Gasteiger partial charge in [-0.2, -0.15) is 4.98 Å². The Bertz CT molecular complexity index is 630. The molecule has 0 atom stereocenters. The van der Waals surface area contributed by atoms with Gasteiger partial charge in [0, 0.05) is 18.0 Å².